The van der Waals surface area contributed by atoms with Crippen LogP contribution in [0.3, 0.4) is 0 Å². The van der Waals surface area contributed by atoms with Gasteiger partial charge in [0.05, 0.1) is 26.3 Å². The van der Waals surface area contributed by atoms with E-state index in [1.165, 1.54) is 19.8 Å². The Balaban J connectivity index is 1.21. The van der Waals surface area contributed by atoms with Gasteiger partial charge >= 0.3 is 5.97 Å². The van der Waals surface area contributed by atoms with Crippen molar-refractivity contribution in [1.29, 1.82) is 0 Å². The lowest BCUT2D eigenvalue weighted by Crippen LogP contribution is -2.48. The molecular weight excluding hydrogens is 464 g/mol. The number of aryl methyl sites for hydroxylation is 1. The number of ether oxygens (including phenoxy) is 3. The molecule has 0 spiro atoms. The molecule has 0 aliphatic carbocycles. The molecule has 1 saturated heterocycles. The van der Waals surface area contributed by atoms with Gasteiger partial charge in [-0.25, -0.2) is 4.79 Å². The van der Waals surface area contributed by atoms with Crippen molar-refractivity contribution < 1.29 is 28.6 Å². The van der Waals surface area contributed by atoms with Gasteiger partial charge in [-0.15, -0.1) is 0 Å². The van der Waals surface area contributed by atoms with Crippen molar-refractivity contribution in [2.24, 2.45) is 0 Å². The van der Waals surface area contributed by atoms with E-state index in [1.54, 1.807) is 18.2 Å². The minimum Gasteiger partial charge on any atom is -0.493 e. The highest BCUT2D eigenvalue weighted by Crippen LogP contribution is 2.28. The molecule has 0 amide bonds. The highest BCUT2D eigenvalue weighted by atomic mass is 16.5. The standard InChI is InChI=1S/C26H32N4O6/c1-18-4-6-19(7-5-18)25-27-24(36-28-25)16-30-12-10-29(11-13-30)15-21(31)17-35-22-9-8-20(26(32)34-3)14-23(22)33-2/h4-9,14,21,31H,10-13,15-17H2,1-3H3. The maximum Gasteiger partial charge on any atom is 0.337 e. The average Bonchev–Trinajstić information content (AvgIpc) is 3.36. The predicted molar refractivity (Wildman–Crippen MR) is 132 cm³/mol. The zero-order valence-electron chi connectivity index (χ0n) is 20.8. The lowest BCUT2D eigenvalue weighted by molar-refractivity contribution is 0.0420. The SMILES string of the molecule is COC(=O)c1ccc(OCC(O)CN2CCN(Cc3nc(-c4ccc(C)cc4)no3)CC2)c(OC)c1. The van der Waals surface area contributed by atoms with Crippen LogP contribution in [0.1, 0.15) is 21.8 Å². The van der Waals surface area contributed by atoms with Crippen molar-refractivity contribution in [3.05, 3.63) is 59.5 Å². The molecule has 10 nitrogen and oxygen atoms in total. The molecule has 1 N–H and O–H groups in total. The zero-order valence-corrected chi connectivity index (χ0v) is 20.8. The number of esters is 1. The molecule has 10 heteroatoms. The van der Waals surface area contributed by atoms with Crippen LogP contribution in [-0.4, -0.2) is 90.7 Å². The molecule has 192 valence electrons. The van der Waals surface area contributed by atoms with Crippen LogP contribution in [0.2, 0.25) is 0 Å². The number of methoxy groups -OCH3 is 2. The maximum absolute atomic E-state index is 11.7. The molecule has 2 aromatic carbocycles. The summed E-state index contributed by atoms with van der Waals surface area (Å²) in [5, 5.41) is 14.6. The summed E-state index contributed by atoms with van der Waals surface area (Å²) >= 11 is 0. The Labute approximate surface area is 210 Å². The van der Waals surface area contributed by atoms with Crippen LogP contribution >= 0.6 is 0 Å². The van der Waals surface area contributed by atoms with Gasteiger partial charge < -0.3 is 23.8 Å². The van der Waals surface area contributed by atoms with Gasteiger partial charge in [-0.3, -0.25) is 9.80 Å². The van der Waals surface area contributed by atoms with Crippen LogP contribution in [0, 0.1) is 6.92 Å². The monoisotopic (exact) mass is 496 g/mol. The van der Waals surface area contributed by atoms with Crippen LogP contribution in [0.15, 0.2) is 47.0 Å². The third kappa shape index (κ3) is 6.60. The Kier molecular flexibility index (Phi) is 8.52. The largest absolute Gasteiger partial charge is 0.493 e. The molecule has 0 radical (unpaired) electrons. The molecular formula is C26H32N4O6. The molecule has 3 aromatic rings. The van der Waals surface area contributed by atoms with Gasteiger partial charge in [0.1, 0.15) is 12.7 Å². The molecule has 2 heterocycles. The van der Waals surface area contributed by atoms with E-state index >= 15 is 0 Å². The number of rotatable bonds is 10. The average molecular weight is 497 g/mol. The first kappa shape index (κ1) is 25.6. The number of nitrogens with zero attached hydrogens (tertiary/aromatic N) is 4. The fraction of sp³-hybridized carbons (Fsp3) is 0.423. The molecule has 1 fully saturated rings. The first-order valence-corrected chi connectivity index (χ1v) is 11.9. The number of aliphatic hydroxyl groups is 1. The summed E-state index contributed by atoms with van der Waals surface area (Å²) in [6.45, 7) is 6.53. The molecule has 4 rings (SSSR count). The maximum atomic E-state index is 11.7. The summed E-state index contributed by atoms with van der Waals surface area (Å²) in [6, 6.07) is 12.8. The van der Waals surface area contributed by atoms with Crippen molar-refractivity contribution in [3.8, 4) is 22.9 Å². The Morgan fingerprint density at radius 1 is 1.06 bits per heavy atom. The van der Waals surface area contributed by atoms with Crippen LogP contribution in [0.5, 0.6) is 11.5 Å². The Bertz CT molecular complexity index is 1140. The molecule has 1 unspecified atom stereocenters. The van der Waals surface area contributed by atoms with E-state index in [1.807, 2.05) is 31.2 Å². The van der Waals surface area contributed by atoms with E-state index < -0.39 is 12.1 Å². The number of piperazine rings is 1. The summed E-state index contributed by atoms with van der Waals surface area (Å²) in [5.41, 5.74) is 2.49. The van der Waals surface area contributed by atoms with Crippen molar-refractivity contribution in [2.45, 2.75) is 19.6 Å². The van der Waals surface area contributed by atoms with E-state index in [-0.39, 0.29) is 6.61 Å². The zero-order chi connectivity index (χ0) is 25.5. The highest BCUT2D eigenvalue weighted by molar-refractivity contribution is 5.90. The van der Waals surface area contributed by atoms with E-state index in [9.17, 15) is 9.90 Å². The molecule has 0 saturated carbocycles. The molecule has 36 heavy (non-hydrogen) atoms. The summed E-state index contributed by atoms with van der Waals surface area (Å²) < 4.78 is 21.2. The first-order chi connectivity index (χ1) is 17.4. The second kappa shape index (κ2) is 12.0. The van der Waals surface area contributed by atoms with Gasteiger partial charge in [0.25, 0.3) is 0 Å². The van der Waals surface area contributed by atoms with Gasteiger partial charge in [0, 0.05) is 38.3 Å². The van der Waals surface area contributed by atoms with Gasteiger partial charge in [0.15, 0.2) is 11.5 Å². The summed E-state index contributed by atoms with van der Waals surface area (Å²) in [7, 11) is 2.82. The molecule has 1 aromatic heterocycles. The van der Waals surface area contributed by atoms with E-state index in [2.05, 4.69) is 19.9 Å². The lowest BCUT2D eigenvalue weighted by atomic mass is 10.1. The van der Waals surface area contributed by atoms with Gasteiger partial charge in [-0.1, -0.05) is 35.0 Å². The molecule has 1 atom stereocenters. The minimum absolute atomic E-state index is 0.109. The predicted octanol–water partition coefficient (Wildman–Crippen LogP) is 2.40. The summed E-state index contributed by atoms with van der Waals surface area (Å²) in [5.74, 6) is 1.61. The lowest BCUT2D eigenvalue weighted by Gasteiger charge is -2.34. The molecule has 1 aliphatic heterocycles. The normalized spacial score (nSPS) is 15.4. The number of carbonyl (C=O) groups is 1. The first-order valence-electron chi connectivity index (χ1n) is 11.9. The number of aliphatic hydroxyl groups excluding tert-OH is 1. The Morgan fingerprint density at radius 3 is 2.47 bits per heavy atom. The Hall–Kier alpha value is -3.47. The topological polar surface area (TPSA) is 110 Å². The van der Waals surface area contributed by atoms with Crippen LogP contribution in [0.4, 0.5) is 0 Å². The fourth-order valence-corrected chi connectivity index (χ4v) is 4.03. The number of hydrogen-bond donors (Lipinski definition) is 1. The smallest absolute Gasteiger partial charge is 0.337 e. The van der Waals surface area contributed by atoms with Crippen molar-refractivity contribution >= 4 is 5.97 Å². The molecule has 0 bridgehead atoms. The van der Waals surface area contributed by atoms with Gasteiger partial charge in [-0.05, 0) is 25.1 Å². The molecule has 1 aliphatic rings. The highest BCUT2D eigenvalue weighted by Gasteiger charge is 2.22. The number of carbonyl (C=O) groups excluding carboxylic acids is 1. The van der Waals surface area contributed by atoms with Crippen molar-refractivity contribution in [2.75, 3.05) is 53.6 Å². The van der Waals surface area contributed by atoms with Crippen LogP contribution in [0.25, 0.3) is 11.4 Å². The van der Waals surface area contributed by atoms with Crippen molar-refractivity contribution in [1.82, 2.24) is 19.9 Å². The second-order valence-electron chi connectivity index (χ2n) is 8.78. The number of aromatic nitrogens is 2. The van der Waals surface area contributed by atoms with E-state index in [4.69, 9.17) is 18.7 Å². The van der Waals surface area contributed by atoms with Crippen LogP contribution < -0.4 is 9.47 Å². The summed E-state index contributed by atoms with van der Waals surface area (Å²) in [6.07, 6.45) is -0.672. The van der Waals surface area contributed by atoms with Gasteiger partial charge in [0.2, 0.25) is 11.7 Å². The van der Waals surface area contributed by atoms with Gasteiger partial charge in [-0.2, -0.15) is 4.98 Å². The second-order valence-corrected chi connectivity index (χ2v) is 8.78. The quantitative estimate of drug-likeness (QED) is 0.420. The summed E-state index contributed by atoms with van der Waals surface area (Å²) in [4.78, 5) is 20.7. The minimum atomic E-state index is -0.672. The van der Waals surface area contributed by atoms with Crippen LogP contribution in [-0.2, 0) is 11.3 Å². The number of hydrogen-bond acceptors (Lipinski definition) is 10. The fourth-order valence-electron chi connectivity index (χ4n) is 4.03. The van der Waals surface area contributed by atoms with Crippen molar-refractivity contribution in [3.63, 3.8) is 0 Å². The van der Waals surface area contributed by atoms with E-state index in [0.717, 1.165) is 31.7 Å². The number of β-amino-alcohol motifs (C(OH)–C–C–N with tert-alkyl or cyclic N) is 1. The number of benzene rings is 2. The third-order valence-corrected chi connectivity index (χ3v) is 6.09. The third-order valence-electron chi connectivity index (χ3n) is 6.09. The van der Waals surface area contributed by atoms with E-state index in [0.29, 0.717) is 41.9 Å². The Morgan fingerprint density at radius 2 is 1.78 bits per heavy atom.